The molecule has 9 heteroatoms. The van der Waals surface area contributed by atoms with E-state index in [2.05, 4.69) is 10.3 Å². The molecule has 3 amide bonds. The predicted octanol–water partition coefficient (Wildman–Crippen LogP) is 2.44. The van der Waals surface area contributed by atoms with Gasteiger partial charge in [0, 0.05) is 31.1 Å². The third-order valence-corrected chi connectivity index (χ3v) is 5.81. The topological polar surface area (TPSA) is 96.4 Å². The summed E-state index contributed by atoms with van der Waals surface area (Å²) in [6.45, 7) is 1.91. The van der Waals surface area contributed by atoms with Gasteiger partial charge < -0.3 is 4.90 Å². The van der Waals surface area contributed by atoms with E-state index in [0.717, 1.165) is 11.6 Å². The molecule has 0 aliphatic carbocycles. The van der Waals surface area contributed by atoms with E-state index in [1.807, 2.05) is 0 Å². The van der Waals surface area contributed by atoms with Crippen LogP contribution >= 0.6 is 0 Å². The van der Waals surface area contributed by atoms with Crippen LogP contribution in [0.15, 0.2) is 36.5 Å². The van der Waals surface area contributed by atoms with Crippen molar-refractivity contribution in [1.29, 1.82) is 0 Å². The van der Waals surface area contributed by atoms with Crippen molar-refractivity contribution in [2.24, 2.45) is 0 Å². The number of aromatic nitrogens is 1. The van der Waals surface area contributed by atoms with E-state index < -0.39 is 29.3 Å². The number of nitrogens with one attached hydrogen (secondary N) is 1. The number of hydrogen-bond acceptors (Lipinski definition) is 5. The summed E-state index contributed by atoms with van der Waals surface area (Å²) in [7, 11) is 0. The highest BCUT2D eigenvalue weighted by Gasteiger charge is 2.42. The molecule has 0 saturated carbocycles. The maximum atomic E-state index is 14.5. The highest BCUT2D eigenvalue weighted by molar-refractivity contribution is 6.05. The Bertz CT molecular complexity index is 1110. The lowest BCUT2D eigenvalue weighted by atomic mass is 9.99. The van der Waals surface area contributed by atoms with Crippen molar-refractivity contribution in [3.63, 3.8) is 0 Å². The Hall–Kier alpha value is -3.49. The summed E-state index contributed by atoms with van der Waals surface area (Å²) in [4.78, 5) is 53.5. The van der Waals surface area contributed by atoms with E-state index in [-0.39, 0.29) is 44.0 Å². The number of hydrogen-bond donors (Lipinski definition) is 1. The summed E-state index contributed by atoms with van der Waals surface area (Å²) in [5, 5.41) is 2.24. The number of pyridine rings is 1. The molecule has 2 aliphatic rings. The second-order valence-corrected chi connectivity index (χ2v) is 8.11. The SMILES string of the molecule is Cc1ccc(C(F)(F)C(=O)CCc2ccc3c(c2)CN(C2CCC(=O)NC2=O)C3=O)nc1. The van der Waals surface area contributed by atoms with Gasteiger partial charge in [0.1, 0.15) is 11.7 Å². The quantitative estimate of drug-likeness (QED) is 0.695. The first-order valence-electron chi connectivity index (χ1n) is 10.3. The molecule has 2 aromatic rings. The zero-order valence-electron chi connectivity index (χ0n) is 17.4. The Kier molecular flexibility index (Phi) is 5.58. The van der Waals surface area contributed by atoms with E-state index in [1.54, 1.807) is 25.1 Å². The molecule has 1 N–H and O–H groups in total. The lowest BCUT2D eigenvalue weighted by Gasteiger charge is -2.29. The Morgan fingerprint density at radius 2 is 2.00 bits per heavy atom. The van der Waals surface area contributed by atoms with Gasteiger partial charge in [0.25, 0.3) is 5.91 Å². The Labute approximate surface area is 182 Å². The summed E-state index contributed by atoms with van der Waals surface area (Å²) >= 11 is 0. The highest BCUT2D eigenvalue weighted by Crippen LogP contribution is 2.31. The lowest BCUT2D eigenvalue weighted by molar-refractivity contribution is -0.145. The number of piperidine rings is 1. The smallest absolute Gasteiger partial charge is 0.322 e. The molecule has 3 heterocycles. The number of ketones is 1. The van der Waals surface area contributed by atoms with Crippen LogP contribution in [0.3, 0.4) is 0 Å². The third kappa shape index (κ3) is 4.02. The van der Waals surface area contributed by atoms with Crippen LogP contribution in [-0.4, -0.2) is 39.4 Å². The fourth-order valence-corrected chi connectivity index (χ4v) is 3.99. The van der Waals surface area contributed by atoms with E-state index in [1.165, 1.54) is 17.2 Å². The fourth-order valence-electron chi connectivity index (χ4n) is 3.99. The van der Waals surface area contributed by atoms with Gasteiger partial charge in [0.05, 0.1) is 0 Å². The first-order chi connectivity index (χ1) is 15.2. The Balaban J connectivity index is 1.43. The highest BCUT2D eigenvalue weighted by atomic mass is 19.3. The van der Waals surface area contributed by atoms with Gasteiger partial charge in [0.15, 0.2) is 0 Å². The number of aryl methyl sites for hydroxylation is 2. The van der Waals surface area contributed by atoms with Crippen molar-refractivity contribution in [1.82, 2.24) is 15.2 Å². The van der Waals surface area contributed by atoms with Gasteiger partial charge in [0.2, 0.25) is 17.6 Å². The zero-order valence-corrected chi connectivity index (χ0v) is 17.4. The molecule has 0 bridgehead atoms. The molecule has 1 saturated heterocycles. The average molecular weight is 441 g/mol. The maximum Gasteiger partial charge on any atom is 0.346 e. The molecule has 1 aromatic carbocycles. The van der Waals surface area contributed by atoms with Crippen LogP contribution in [0.5, 0.6) is 0 Å². The normalized spacial score (nSPS) is 18.5. The molecule has 1 fully saturated rings. The lowest BCUT2D eigenvalue weighted by Crippen LogP contribution is -2.52. The summed E-state index contributed by atoms with van der Waals surface area (Å²) in [5.41, 5.74) is 1.88. The van der Waals surface area contributed by atoms with Gasteiger partial charge in [-0.25, -0.2) is 0 Å². The van der Waals surface area contributed by atoms with Crippen molar-refractivity contribution in [2.75, 3.05) is 0 Å². The van der Waals surface area contributed by atoms with Crippen LogP contribution in [0.1, 0.15) is 52.0 Å². The molecule has 166 valence electrons. The largest absolute Gasteiger partial charge is 0.346 e. The number of amides is 3. The summed E-state index contributed by atoms with van der Waals surface area (Å²) < 4.78 is 28.9. The standard InChI is InChI=1S/C23H21F2N3O4/c1-13-2-7-18(26-11-13)23(24,25)19(29)8-4-14-3-5-16-15(10-14)12-28(22(16)32)17-6-9-20(30)27-21(17)31/h2-3,5,7,10-11,17H,4,6,8-9,12H2,1H3,(H,27,30,31). The van der Waals surface area contributed by atoms with Gasteiger partial charge in [-0.2, -0.15) is 8.78 Å². The van der Waals surface area contributed by atoms with Gasteiger partial charge in [-0.3, -0.25) is 29.5 Å². The molecule has 0 radical (unpaired) electrons. The minimum absolute atomic E-state index is 0.0835. The van der Waals surface area contributed by atoms with Crippen molar-refractivity contribution in [3.8, 4) is 0 Å². The number of fused-ring (bicyclic) bond motifs is 1. The molecular weight excluding hydrogens is 420 g/mol. The molecule has 2 aliphatic heterocycles. The second-order valence-electron chi connectivity index (χ2n) is 8.11. The molecule has 0 spiro atoms. The minimum atomic E-state index is -3.68. The van der Waals surface area contributed by atoms with E-state index in [4.69, 9.17) is 0 Å². The van der Waals surface area contributed by atoms with Crippen LogP contribution in [0.2, 0.25) is 0 Å². The van der Waals surface area contributed by atoms with Crippen LogP contribution in [-0.2, 0) is 33.3 Å². The van der Waals surface area contributed by atoms with Crippen LogP contribution < -0.4 is 5.32 Å². The molecule has 1 atom stereocenters. The van der Waals surface area contributed by atoms with Crippen LogP contribution in [0.25, 0.3) is 0 Å². The molecule has 4 rings (SSSR count). The summed E-state index contributed by atoms with van der Waals surface area (Å²) in [6.07, 6.45) is 1.41. The van der Waals surface area contributed by atoms with Crippen molar-refractivity contribution < 1.29 is 28.0 Å². The number of benzene rings is 1. The predicted molar refractivity (Wildman–Crippen MR) is 109 cm³/mol. The minimum Gasteiger partial charge on any atom is -0.322 e. The Morgan fingerprint density at radius 3 is 2.69 bits per heavy atom. The van der Waals surface area contributed by atoms with Gasteiger partial charge in [-0.15, -0.1) is 0 Å². The first kappa shape index (κ1) is 21.7. The number of halogens is 2. The molecule has 1 aromatic heterocycles. The van der Waals surface area contributed by atoms with Crippen molar-refractivity contribution in [2.45, 2.75) is 51.1 Å². The number of Topliss-reactive ketones (excluding diaryl/α,β-unsaturated/α-hetero) is 1. The monoisotopic (exact) mass is 441 g/mol. The van der Waals surface area contributed by atoms with E-state index in [0.29, 0.717) is 16.7 Å². The van der Waals surface area contributed by atoms with Crippen LogP contribution in [0, 0.1) is 6.92 Å². The molecule has 32 heavy (non-hydrogen) atoms. The molecule has 1 unspecified atom stereocenters. The van der Waals surface area contributed by atoms with E-state index in [9.17, 15) is 28.0 Å². The zero-order chi connectivity index (χ0) is 23.0. The Morgan fingerprint density at radius 1 is 1.22 bits per heavy atom. The molecule has 7 nitrogen and oxygen atoms in total. The fraction of sp³-hybridized carbons (Fsp3) is 0.348. The number of carbonyl (C=O) groups excluding carboxylic acids is 4. The number of rotatable bonds is 6. The summed E-state index contributed by atoms with van der Waals surface area (Å²) in [6, 6.07) is 6.82. The molecular formula is C23H21F2N3O4. The average Bonchev–Trinajstić information content (AvgIpc) is 3.08. The first-order valence-corrected chi connectivity index (χ1v) is 10.3. The second kappa shape index (κ2) is 8.22. The van der Waals surface area contributed by atoms with Crippen LogP contribution in [0.4, 0.5) is 8.78 Å². The van der Waals surface area contributed by atoms with Gasteiger partial charge in [-0.1, -0.05) is 18.2 Å². The van der Waals surface area contributed by atoms with Crippen molar-refractivity contribution in [3.05, 3.63) is 64.5 Å². The van der Waals surface area contributed by atoms with Crippen molar-refractivity contribution >= 4 is 23.5 Å². The maximum absolute atomic E-state index is 14.5. The third-order valence-electron chi connectivity index (χ3n) is 5.81. The summed E-state index contributed by atoms with van der Waals surface area (Å²) in [5.74, 6) is -6.08. The van der Waals surface area contributed by atoms with Gasteiger partial charge in [-0.05, 0) is 48.6 Å². The number of alkyl halides is 2. The number of carbonyl (C=O) groups is 4. The van der Waals surface area contributed by atoms with E-state index >= 15 is 0 Å². The number of imide groups is 1. The number of nitrogens with zero attached hydrogens (tertiary/aromatic N) is 2. The van der Waals surface area contributed by atoms with Gasteiger partial charge >= 0.3 is 5.92 Å².